The molecule has 2 aromatic heterocycles. The first-order valence-electron chi connectivity index (χ1n) is 6.41. The molecule has 0 saturated heterocycles. The first-order valence-corrected chi connectivity index (χ1v) is 7.16. The van der Waals surface area contributed by atoms with Crippen molar-refractivity contribution in [3.63, 3.8) is 0 Å². The van der Waals surface area contributed by atoms with E-state index in [0.29, 0.717) is 22.5 Å². The Balaban J connectivity index is 2.28. The molecule has 7 heteroatoms. The van der Waals surface area contributed by atoms with Gasteiger partial charge in [0, 0.05) is 12.3 Å². The number of carbonyl (C=O) groups excluding carboxylic acids is 1. The van der Waals surface area contributed by atoms with E-state index < -0.39 is 5.24 Å². The van der Waals surface area contributed by atoms with Crippen molar-refractivity contribution in [3.8, 4) is 11.4 Å². The van der Waals surface area contributed by atoms with Crippen molar-refractivity contribution in [1.82, 2.24) is 14.8 Å². The number of aryl methyl sites for hydroxylation is 1. The second-order valence-corrected chi connectivity index (χ2v) is 5.38. The maximum atomic E-state index is 11.4. The van der Waals surface area contributed by atoms with Gasteiger partial charge in [0.25, 0.3) is 5.24 Å². The molecule has 0 saturated carbocycles. The summed E-state index contributed by atoms with van der Waals surface area (Å²) in [5, 5.41) is 4.68. The number of pyridine rings is 1. The number of rotatable bonds is 3. The molecule has 0 atom stereocenters. The van der Waals surface area contributed by atoms with Crippen molar-refractivity contribution in [2.24, 2.45) is 0 Å². The molecule has 0 spiro atoms. The van der Waals surface area contributed by atoms with Gasteiger partial charge in [0.2, 0.25) is 0 Å². The van der Waals surface area contributed by atoms with E-state index in [2.05, 4.69) is 10.1 Å². The molecule has 3 aromatic rings. The highest BCUT2D eigenvalue weighted by molar-refractivity contribution is 6.69. The molecule has 0 aliphatic carbocycles. The molecular formula is C15H11Cl2N3O2. The number of hydrogen-bond acceptors (Lipinski definition) is 4. The summed E-state index contributed by atoms with van der Waals surface area (Å²) < 4.78 is 6.87. The summed E-state index contributed by atoms with van der Waals surface area (Å²) in [6.07, 6.45) is 1.36. The SMILES string of the molecule is COc1cccc(-n2nc(C)c3c(Cl)c(C(=O)Cl)cnc32)c1. The van der Waals surface area contributed by atoms with Crippen LogP contribution in [0.15, 0.2) is 30.5 Å². The van der Waals surface area contributed by atoms with Gasteiger partial charge >= 0.3 is 0 Å². The predicted molar refractivity (Wildman–Crippen MR) is 85.3 cm³/mol. The van der Waals surface area contributed by atoms with Crippen LogP contribution in [0.4, 0.5) is 0 Å². The monoisotopic (exact) mass is 335 g/mol. The third-order valence-electron chi connectivity index (χ3n) is 3.32. The first kappa shape index (κ1) is 14.8. The molecule has 0 fully saturated rings. The second kappa shape index (κ2) is 5.59. The number of benzene rings is 1. The summed E-state index contributed by atoms with van der Waals surface area (Å²) in [7, 11) is 1.60. The summed E-state index contributed by atoms with van der Waals surface area (Å²) >= 11 is 11.8. The average Bonchev–Trinajstić information content (AvgIpc) is 2.85. The third kappa shape index (κ3) is 2.32. The van der Waals surface area contributed by atoms with Crippen LogP contribution in [-0.4, -0.2) is 27.1 Å². The number of halogens is 2. The topological polar surface area (TPSA) is 57.0 Å². The van der Waals surface area contributed by atoms with Crippen LogP contribution in [0.3, 0.4) is 0 Å². The van der Waals surface area contributed by atoms with E-state index in [1.807, 2.05) is 24.3 Å². The minimum absolute atomic E-state index is 0.170. The molecule has 112 valence electrons. The van der Waals surface area contributed by atoms with Crippen molar-refractivity contribution in [2.45, 2.75) is 6.92 Å². The zero-order chi connectivity index (χ0) is 15.9. The van der Waals surface area contributed by atoms with E-state index in [4.69, 9.17) is 27.9 Å². The number of hydrogen-bond donors (Lipinski definition) is 0. The lowest BCUT2D eigenvalue weighted by Gasteiger charge is -2.06. The highest BCUT2D eigenvalue weighted by Gasteiger charge is 2.19. The first-order chi connectivity index (χ1) is 10.5. The molecule has 0 N–H and O–H groups in total. The van der Waals surface area contributed by atoms with Crippen molar-refractivity contribution in [3.05, 3.63) is 46.7 Å². The molecule has 5 nitrogen and oxygen atoms in total. The highest BCUT2D eigenvalue weighted by Crippen LogP contribution is 2.31. The summed E-state index contributed by atoms with van der Waals surface area (Å²) in [5.74, 6) is 0.706. The molecule has 1 aromatic carbocycles. The molecule has 22 heavy (non-hydrogen) atoms. The lowest BCUT2D eigenvalue weighted by Crippen LogP contribution is -1.99. The lowest BCUT2D eigenvalue weighted by atomic mass is 10.2. The van der Waals surface area contributed by atoms with Gasteiger partial charge in [-0.3, -0.25) is 4.79 Å². The van der Waals surface area contributed by atoms with Crippen LogP contribution in [0, 0.1) is 6.92 Å². The van der Waals surface area contributed by atoms with Crippen LogP contribution in [0.2, 0.25) is 5.02 Å². The van der Waals surface area contributed by atoms with Crippen LogP contribution in [-0.2, 0) is 0 Å². The quantitative estimate of drug-likeness (QED) is 0.683. The van der Waals surface area contributed by atoms with Gasteiger partial charge < -0.3 is 4.74 Å². The van der Waals surface area contributed by atoms with Gasteiger partial charge in [-0.2, -0.15) is 5.10 Å². The minimum atomic E-state index is -0.645. The third-order valence-corrected chi connectivity index (χ3v) is 3.91. The summed E-state index contributed by atoms with van der Waals surface area (Å²) in [4.78, 5) is 15.7. The Labute approximate surface area is 136 Å². The Morgan fingerprint density at radius 3 is 2.82 bits per heavy atom. The van der Waals surface area contributed by atoms with E-state index in [-0.39, 0.29) is 10.6 Å². The van der Waals surface area contributed by atoms with Gasteiger partial charge in [-0.25, -0.2) is 9.67 Å². The highest BCUT2D eigenvalue weighted by atomic mass is 35.5. The molecule has 2 heterocycles. The van der Waals surface area contributed by atoms with Crippen LogP contribution in [0.1, 0.15) is 16.1 Å². The molecular weight excluding hydrogens is 325 g/mol. The Morgan fingerprint density at radius 2 is 2.14 bits per heavy atom. The average molecular weight is 336 g/mol. The fourth-order valence-electron chi connectivity index (χ4n) is 2.27. The smallest absolute Gasteiger partial charge is 0.255 e. The summed E-state index contributed by atoms with van der Waals surface area (Å²) in [6, 6.07) is 7.41. The van der Waals surface area contributed by atoms with Crippen molar-refractivity contribution in [2.75, 3.05) is 7.11 Å². The second-order valence-electron chi connectivity index (χ2n) is 4.66. The zero-order valence-corrected chi connectivity index (χ0v) is 13.3. The van der Waals surface area contributed by atoms with Crippen LogP contribution < -0.4 is 4.74 Å². The predicted octanol–water partition coefficient (Wildman–Crippen LogP) is 3.77. The molecule has 0 radical (unpaired) electrons. The van der Waals surface area contributed by atoms with Crippen LogP contribution >= 0.6 is 23.2 Å². The van der Waals surface area contributed by atoms with Crippen LogP contribution in [0.5, 0.6) is 5.75 Å². The fraction of sp³-hybridized carbons (Fsp3) is 0.133. The fourth-order valence-corrected chi connectivity index (χ4v) is 2.82. The van der Waals surface area contributed by atoms with Crippen molar-refractivity contribution in [1.29, 1.82) is 0 Å². The molecule has 0 unspecified atom stereocenters. The van der Waals surface area contributed by atoms with Crippen LogP contribution in [0.25, 0.3) is 16.7 Å². The molecule has 3 rings (SSSR count). The van der Waals surface area contributed by atoms with E-state index in [1.54, 1.807) is 18.7 Å². The van der Waals surface area contributed by atoms with Gasteiger partial charge in [0.05, 0.1) is 34.5 Å². The standard InChI is InChI=1S/C15H11Cl2N3O2/c1-8-12-13(16)11(14(17)21)7-18-15(12)20(19-8)9-4-3-5-10(6-9)22-2/h3-7H,1-2H3. The van der Waals surface area contributed by atoms with Gasteiger partial charge in [-0.05, 0) is 30.7 Å². The Bertz CT molecular complexity index is 890. The Kier molecular flexibility index (Phi) is 3.76. The summed E-state index contributed by atoms with van der Waals surface area (Å²) in [6.45, 7) is 1.80. The maximum Gasteiger partial charge on any atom is 0.255 e. The number of carbonyl (C=O) groups is 1. The normalized spacial score (nSPS) is 10.9. The molecule has 0 bridgehead atoms. The Hall–Kier alpha value is -2.11. The molecule has 0 aliphatic heterocycles. The molecule has 0 amide bonds. The van der Waals surface area contributed by atoms with Crippen molar-refractivity contribution >= 4 is 39.5 Å². The number of nitrogens with zero attached hydrogens (tertiary/aromatic N) is 3. The van der Waals surface area contributed by atoms with Crippen molar-refractivity contribution < 1.29 is 9.53 Å². The van der Waals surface area contributed by atoms with E-state index >= 15 is 0 Å². The van der Waals surface area contributed by atoms with E-state index in [1.165, 1.54) is 6.20 Å². The molecule has 0 aliphatic rings. The lowest BCUT2D eigenvalue weighted by molar-refractivity contribution is 0.108. The Morgan fingerprint density at radius 1 is 1.36 bits per heavy atom. The van der Waals surface area contributed by atoms with E-state index in [9.17, 15) is 4.79 Å². The number of aromatic nitrogens is 3. The van der Waals surface area contributed by atoms with Gasteiger partial charge in [0.1, 0.15) is 5.75 Å². The van der Waals surface area contributed by atoms with E-state index in [0.717, 1.165) is 5.69 Å². The van der Waals surface area contributed by atoms with Gasteiger partial charge in [-0.15, -0.1) is 0 Å². The number of methoxy groups -OCH3 is 1. The zero-order valence-electron chi connectivity index (χ0n) is 11.8. The van der Waals surface area contributed by atoms with Gasteiger partial charge in [0.15, 0.2) is 5.65 Å². The minimum Gasteiger partial charge on any atom is -0.497 e. The number of ether oxygens (including phenoxy) is 1. The number of fused-ring (bicyclic) bond motifs is 1. The maximum absolute atomic E-state index is 11.4. The largest absolute Gasteiger partial charge is 0.497 e. The summed E-state index contributed by atoms with van der Waals surface area (Å²) in [5.41, 5.74) is 2.17. The van der Waals surface area contributed by atoms with Gasteiger partial charge in [-0.1, -0.05) is 17.7 Å².